The van der Waals surface area contributed by atoms with Gasteiger partial charge in [-0.2, -0.15) is 0 Å². The highest BCUT2D eigenvalue weighted by Crippen LogP contribution is 2.86. The van der Waals surface area contributed by atoms with Crippen LogP contribution in [-0.4, -0.2) is 0 Å². The predicted molar refractivity (Wildman–Crippen MR) is 231 cm³/mol. The Morgan fingerprint density at radius 3 is 1.82 bits per heavy atom. The molecular formula is C54H49N. The van der Waals surface area contributed by atoms with Gasteiger partial charge in [0.25, 0.3) is 0 Å². The minimum Gasteiger partial charge on any atom is -0.309 e. The fraction of sp³-hybridized carbons (Fsp3) is 0.259. The maximum absolute atomic E-state index is 2.53. The Morgan fingerprint density at radius 1 is 0.491 bits per heavy atom. The van der Waals surface area contributed by atoms with Gasteiger partial charge in [0.2, 0.25) is 0 Å². The monoisotopic (exact) mass is 711 g/mol. The zero-order valence-corrected chi connectivity index (χ0v) is 32.3. The number of rotatable bonds is 7. The van der Waals surface area contributed by atoms with Crippen LogP contribution in [-0.2, 0) is 10.8 Å². The number of fused-ring (bicyclic) bond motifs is 2. The molecule has 5 unspecified atom stereocenters. The van der Waals surface area contributed by atoms with Crippen LogP contribution in [0.2, 0.25) is 0 Å². The summed E-state index contributed by atoms with van der Waals surface area (Å²) in [7, 11) is 0. The van der Waals surface area contributed by atoms with Crippen LogP contribution in [0.5, 0.6) is 0 Å². The zero-order chi connectivity index (χ0) is 36.9. The summed E-state index contributed by atoms with van der Waals surface area (Å²) in [5, 5.41) is 2.86. The second-order valence-electron chi connectivity index (χ2n) is 18.3. The predicted octanol–water partition coefficient (Wildman–Crippen LogP) is 14.7. The number of para-hydroxylation sites is 2. The normalized spacial score (nSPS) is 24.6. The molecule has 0 heterocycles. The van der Waals surface area contributed by atoms with Gasteiger partial charge in [-0.3, -0.25) is 0 Å². The van der Waals surface area contributed by atoms with Crippen molar-refractivity contribution < 1.29 is 0 Å². The first-order valence-electron chi connectivity index (χ1n) is 20.6. The summed E-state index contributed by atoms with van der Waals surface area (Å²) < 4.78 is 0. The molecule has 1 heteroatoms. The topological polar surface area (TPSA) is 3.24 Å². The molecule has 2 bridgehead atoms. The van der Waals surface area contributed by atoms with E-state index in [1.54, 1.807) is 5.56 Å². The average molecular weight is 712 g/mol. The molecule has 0 N–H and O–H groups in total. The van der Waals surface area contributed by atoms with Crippen LogP contribution in [0, 0.1) is 23.2 Å². The number of hydrogen-bond acceptors (Lipinski definition) is 1. The van der Waals surface area contributed by atoms with E-state index in [1.807, 2.05) is 0 Å². The second kappa shape index (κ2) is 12.0. The molecule has 7 aromatic carbocycles. The van der Waals surface area contributed by atoms with Crippen molar-refractivity contribution in [2.75, 3.05) is 4.90 Å². The van der Waals surface area contributed by atoms with Crippen molar-refractivity contribution in [3.05, 3.63) is 175 Å². The lowest BCUT2D eigenvalue weighted by Gasteiger charge is -2.73. The molecule has 55 heavy (non-hydrogen) atoms. The lowest BCUT2D eigenvalue weighted by atomic mass is 9.30. The molecule has 4 fully saturated rings. The Bertz CT molecular complexity index is 2570. The highest BCUT2D eigenvalue weighted by atomic mass is 15.1. The van der Waals surface area contributed by atoms with Gasteiger partial charge in [-0.25, -0.2) is 0 Å². The summed E-state index contributed by atoms with van der Waals surface area (Å²) in [6.45, 7) is 6.90. The van der Waals surface area contributed by atoms with E-state index in [9.17, 15) is 0 Å². The molecule has 0 amide bonds. The quantitative estimate of drug-likeness (QED) is 0.159. The van der Waals surface area contributed by atoms with Crippen molar-refractivity contribution in [3.63, 3.8) is 0 Å². The molecule has 4 saturated carbocycles. The van der Waals surface area contributed by atoms with Gasteiger partial charge in [0.1, 0.15) is 0 Å². The number of benzene rings is 7. The van der Waals surface area contributed by atoms with Gasteiger partial charge < -0.3 is 4.90 Å². The summed E-state index contributed by atoms with van der Waals surface area (Å²) in [5.41, 5.74) is 15.0. The third-order valence-electron chi connectivity index (χ3n) is 14.7. The largest absolute Gasteiger partial charge is 0.309 e. The van der Waals surface area contributed by atoms with Crippen LogP contribution in [0.1, 0.15) is 64.0 Å². The highest BCUT2D eigenvalue weighted by Gasteiger charge is 2.80. The molecule has 270 valence electrons. The van der Waals surface area contributed by atoms with Crippen molar-refractivity contribution in [3.8, 4) is 33.4 Å². The van der Waals surface area contributed by atoms with Crippen LogP contribution in [0.25, 0.3) is 44.2 Å². The highest BCUT2D eigenvalue weighted by molar-refractivity contribution is 6.04. The summed E-state index contributed by atoms with van der Waals surface area (Å²) in [4.78, 5) is 2.53. The van der Waals surface area contributed by atoms with Gasteiger partial charge >= 0.3 is 0 Å². The van der Waals surface area contributed by atoms with E-state index in [2.05, 4.69) is 189 Å². The lowest BCUT2D eigenvalue weighted by molar-refractivity contribution is -0.198. The van der Waals surface area contributed by atoms with Crippen molar-refractivity contribution in [2.45, 2.75) is 63.7 Å². The van der Waals surface area contributed by atoms with Gasteiger partial charge in [-0.05, 0) is 129 Å². The van der Waals surface area contributed by atoms with E-state index in [0.717, 1.165) is 17.8 Å². The number of hydrogen-bond donors (Lipinski definition) is 0. The van der Waals surface area contributed by atoms with Crippen LogP contribution in [0.4, 0.5) is 17.1 Å². The van der Waals surface area contributed by atoms with Crippen LogP contribution < -0.4 is 4.90 Å². The SMILES string of the molecule is CC(C)(C)c1ccc(N(c2ccccc2-c2ccc(-c3ccccc3)cc2)c2ccccc2-c2cccc3cccc(C45CC6CC7CC(C4)C75C6)c23)cc1. The minimum absolute atomic E-state index is 0.0671. The first-order chi connectivity index (χ1) is 26.8. The van der Waals surface area contributed by atoms with Gasteiger partial charge in [0.05, 0.1) is 11.4 Å². The number of nitrogens with zero attached hydrogens (tertiary/aromatic N) is 1. The van der Waals surface area contributed by atoms with Crippen LogP contribution in [0.3, 0.4) is 0 Å². The first-order valence-corrected chi connectivity index (χ1v) is 20.6. The van der Waals surface area contributed by atoms with E-state index >= 15 is 0 Å². The summed E-state index contributed by atoms with van der Waals surface area (Å²) in [6, 6.07) is 61.6. The second-order valence-corrected chi connectivity index (χ2v) is 18.3. The molecule has 1 spiro atoms. The van der Waals surface area contributed by atoms with Crippen LogP contribution >= 0.6 is 0 Å². The standard InChI is InChI=1S/C54H49N/c1-52(2,3)41-27-29-44(30-28-41)55(49-21-9-7-17-45(49)39-25-23-38(24-26-39)37-13-5-4-6-14-37)50-22-10-8-18-46(50)47-19-11-15-40-16-12-20-48(51(40)47)53-33-36-31-42-32-43(35-53)54(42,53)34-36/h4-30,36,42-43H,31-35H2,1-3H3. The molecular weight excluding hydrogens is 663 g/mol. The van der Waals surface area contributed by atoms with Crippen molar-refractivity contribution in [2.24, 2.45) is 23.2 Å². The van der Waals surface area contributed by atoms with E-state index < -0.39 is 0 Å². The van der Waals surface area contributed by atoms with Crippen molar-refractivity contribution in [1.29, 1.82) is 0 Å². The van der Waals surface area contributed by atoms with E-state index in [4.69, 9.17) is 0 Å². The van der Waals surface area contributed by atoms with E-state index in [1.165, 1.54) is 98.9 Å². The van der Waals surface area contributed by atoms with E-state index in [0.29, 0.717) is 10.8 Å². The zero-order valence-electron chi connectivity index (χ0n) is 32.3. The Hall–Kier alpha value is -5.40. The molecule has 4 aliphatic carbocycles. The first kappa shape index (κ1) is 33.0. The maximum atomic E-state index is 2.53. The summed E-state index contributed by atoms with van der Waals surface area (Å²) in [6.07, 6.45) is 7.21. The molecule has 0 radical (unpaired) electrons. The molecule has 11 rings (SSSR count). The summed E-state index contributed by atoms with van der Waals surface area (Å²) >= 11 is 0. The average Bonchev–Trinajstić information content (AvgIpc) is 3.72. The molecule has 5 atom stereocenters. The Balaban J connectivity index is 1.10. The fourth-order valence-electron chi connectivity index (χ4n) is 12.4. The lowest BCUT2D eigenvalue weighted by Crippen LogP contribution is -2.68. The molecule has 7 aromatic rings. The van der Waals surface area contributed by atoms with E-state index in [-0.39, 0.29) is 5.41 Å². The Labute approximate surface area is 326 Å². The fourth-order valence-corrected chi connectivity index (χ4v) is 12.4. The molecule has 4 aliphatic rings. The Morgan fingerprint density at radius 2 is 1.11 bits per heavy atom. The minimum atomic E-state index is 0.0671. The smallest absolute Gasteiger partial charge is 0.0540 e. The number of anilines is 3. The molecule has 0 saturated heterocycles. The Kier molecular flexibility index (Phi) is 7.22. The molecule has 1 nitrogen and oxygen atoms in total. The van der Waals surface area contributed by atoms with Gasteiger partial charge in [0, 0.05) is 22.2 Å². The van der Waals surface area contributed by atoms with Gasteiger partial charge in [0.15, 0.2) is 0 Å². The third kappa shape index (κ3) is 4.78. The van der Waals surface area contributed by atoms with Crippen molar-refractivity contribution >= 4 is 27.8 Å². The van der Waals surface area contributed by atoms with Gasteiger partial charge in [-0.15, -0.1) is 0 Å². The molecule has 0 aromatic heterocycles. The van der Waals surface area contributed by atoms with Gasteiger partial charge in [-0.1, -0.05) is 160 Å². The molecule has 0 aliphatic heterocycles. The van der Waals surface area contributed by atoms with Crippen molar-refractivity contribution in [1.82, 2.24) is 0 Å². The third-order valence-corrected chi connectivity index (χ3v) is 14.7. The summed E-state index contributed by atoms with van der Waals surface area (Å²) in [5.74, 6) is 2.81. The maximum Gasteiger partial charge on any atom is 0.0540 e. The van der Waals surface area contributed by atoms with Crippen LogP contribution in [0.15, 0.2) is 164 Å².